The van der Waals surface area contributed by atoms with Crippen molar-refractivity contribution in [2.45, 2.75) is 32.6 Å². The summed E-state index contributed by atoms with van der Waals surface area (Å²) in [7, 11) is 0. The van der Waals surface area contributed by atoms with Crippen LogP contribution in [0.3, 0.4) is 0 Å². The second-order valence-corrected chi connectivity index (χ2v) is 4.66. The van der Waals surface area contributed by atoms with E-state index in [1.807, 2.05) is 12.1 Å². The molecule has 0 aliphatic carbocycles. The van der Waals surface area contributed by atoms with Crippen molar-refractivity contribution in [3.63, 3.8) is 0 Å². The van der Waals surface area contributed by atoms with Crippen LogP contribution >= 0.6 is 0 Å². The van der Waals surface area contributed by atoms with E-state index in [9.17, 15) is 4.79 Å². The summed E-state index contributed by atoms with van der Waals surface area (Å²) in [6.07, 6.45) is 0.573. The van der Waals surface area contributed by atoms with E-state index >= 15 is 0 Å². The molecule has 1 amide bonds. The molecule has 2 nitrogen and oxygen atoms in total. The fraction of sp³-hybridized carbons (Fsp3) is 0.417. The first-order valence-corrected chi connectivity index (χ1v) is 4.90. The summed E-state index contributed by atoms with van der Waals surface area (Å²) < 4.78 is 0. The molecular formula is C12H15NO. The van der Waals surface area contributed by atoms with Gasteiger partial charge in [0.15, 0.2) is 0 Å². The lowest BCUT2D eigenvalue weighted by atomic mass is 9.77. The molecular weight excluding hydrogens is 174 g/mol. The van der Waals surface area contributed by atoms with Crippen molar-refractivity contribution in [2.24, 2.45) is 0 Å². The third kappa shape index (κ3) is 1.41. The summed E-state index contributed by atoms with van der Waals surface area (Å²) >= 11 is 0. The molecule has 0 radical (unpaired) electrons. The van der Waals surface area contributed by atoms with E-state index in [1.165, 1.54) is 11.1 Å². The maximum absolute atomic E-state index is 11.4. The van der Waals surface area contributed by atoms with Crippen molar-refractivity contribution in [1.29, 1.82) is 0 Å². The fourth-order valence-corrected chi connectivity index (χ4v) is 2.02. The highest BCUT2D eigenvalue weighted by atomic mass is 16.1. The molecule has 1 aliphatic rings. The van der Waals surface area contributed by atoms with E-state index in [1.54, 1.807) is 0 Å². The number of anilines is 1. The SMILES string of the molecule is Cc1ccc2c(c1)C(C)(C)CC(=O)N2. The highest BCUT2D eigenvalue weighted by Crippen LogP contribution is 2.37. The van der Waals surface area contributed by atoms with E-state index in [4.69, 9.17) is 0 Å². The van der Waals surface area contributed by atoms with E-state index < -0.39 is 0 Å². The van der Waals surface area contributed by atoms with Crippen LogP contribution < -0.4 is 5.32 Å². The second kappa shape index (κ2) is 2.84. The van der Waals surface area contributed by atoms with E-state index in [0.29, 0.717) is 6.42 Å². The molecule has 1 aromatic rings. The molecule has 0 unspecified atom stereocenters. The van der Waals surface area contributed by atoms with Crippen LogP contribution in [-0.4, -0.2) is 5.91 Å². The van der Waals surface area contributed by atoms with Crippen molar-refractivity contribution in [1.82, 2.24) is 0 Å². The number of hydrogen-bond donors (Lipinski definition) is 1. The first-order valence-electron chi connectivity index (χ1n) is 4.90. The summed E-state index contributed by atoms with van der Waals surface area (Å²) in [4.78, 5) is 11.4. The first-order chi connectivity index (χ1) is 6.49. The fourth-order valence-electron chi connectivity index (χ4n) is 2.02. The number of rotatable bonds is 0. The topological polar surface area (TPSA) is 29.1 Å². The summed E-state index contributed by atoms with van der Waals surface area (Å²) in [5, 5.41) is 2.90. The second-order valence-electron chi connectivity index (χ2n) is 4.66. The minimum atomic E-state index is -0.0380. The van der Waals surface area contributed by atoms with Gasteiger partial charge in [-0.05, 0) is 18.6 Å². The molecule has 1 aromatic carbocycles. The van der Waals surface area contributed by atoms with Crippen LogP contribution in [0.4, 0.5) is 5.69 Å². The Morgan fingerprint density at radius 2 is 2.07 bits per heavy atom. The molecule has 0 fully saturated rings. The Morgan fingerprint density at radius 3 is 2.79 bits per heavy atom. The van der Waals surface area contributed by atoms with Gasteiger partial charge in [0.25, 0.3) is 0 Å². The van der Waals surface area contributed by atoms with Gasteiger partial charge >= 0.3 is 0 Å². The summed E-state index contributed by atoms with van der Waals surface area (Å²) in [5.74, 6) is 0.117. The Kier molecular flexibility index (Phi) is 1.88. The van der Waals surface area contributed by atoms with E-state index in [2.05, 4.69) is 32.2 Å². The Morgan fingerprint density at radius 1 is 1.36 bits per heavy atom. The minimum absolute atomic E-state index is 0.0380. The third-order valence-electron chi connectivity index (χ3n) is 2.78. The van der Waals surface area contributed by atoms with Gasteiger partial charge in [-0.3, -0.25) is 4.79 Å². The molecule has 14 heavy (non-hydrogen) atoms. The first kappa shape index (κ1) is 9.25. The zero-order valence-corrected chi connectivity index (χ0v) is 8.85. The molecule has 1 aliphatic heterocycles. The number of benzene rings is 1. The van der Waals surface area contributed by atoms with Gasteiger partial charge in [-0.15, -0.1) is 0 Å². The number of nitrogens with one attached hydrogen (secondary N) is 1. The van der Waals surface area contributed by atoms with Crippen LogP contribution in [0.1, 0.15) is 31.4 Å². The predicted octanol–water partition coefficient (Wildman–Crippen LogP) is 2.61. The Bertz CT molecular complexity index is 393. The molecule has 0 aromatic heterocycles. The molecule has 1 N–H and O–H groups in total. The van der Waals surface area contributed by atoms with Gasteiger partial charge in [0, 0.05) is 17.5 Å². The summed E-state index contributed by atoms with van der Waals surface area (Å²) in [5.41, 5.74) is 3.42. The molecule has 0 spiro atoms. The van der Waals surface area contributed by atoms with Gasteiger partial charge < -0.3 is 5.32 Å². The normalized spacial score (nSPS) is 18.6. The van der Waals surface area contributed by atoms with Crippen LogP contribution in [0.5, 0.6) is 0 Å². The van der Waals surface area contributed by atoms with Crippen LogP contribution in [0.2, 0.25) is 0 Å². The number of carbonyl (C=O) groups excluding carboxylic acids is 1. The molecule has 0 atom stereocenters. The smallest absolute Gasteiger partial charge is 0.225 e. The van der Waals surface area contributed by atoms with Gasteiger partial charge in [0.2, 0.25) is 5.91 Å². The maximum Gasteiger partial charge on any atom is 0.225 e. The van der Waals surface area contributed by atoms with Gasteiger partial charge in [-0.25, -0.2) is 0 Å². The predicted molar refractivity (Wildman–Crippen MR) is 57.5 cm³/mol. The zero-order valence-electron chi connectivity index (χ0n) is 8.85. The maximum atomic E-state index is 11.4. The van der Waals surface area contributed by atoms with Crippen LogP contribution in [0.15, 0.2) is 18.2 Å². The summed E-state index contributed by atoms with van der Waals surface area (Å²) in [6.45, 7) is 6.31. The average Bonchev–Trinajstić information content (AvgIpc) is 2.05. The average molecular weight is 189 g/mol. The monoisotopic (exact) mass is 189 g/mol. The lowest BCUT2D eigenvalue weighted by Gasteiger charge is -2.32. The van der Waals surface area contributed by atoms with E-state index in [-0.39, 0.29) is 11.3 Å². The van der Waals surface area contributed by atoms with Crippen LogP contribution in [-0.2, 0) is 10.2 Å². The van der Waals surface area contributed by atoms with E-state index in [0.717, 1.165) is 5.69 Å². The van der Waals surface area contributed by atoms with Crippen molar-refractivity contribution in [3.05, 3.63) is 29.3 Å². The Labute approximate surface area is 84.3 Å². The lowest BCUT2D eigenvalue weighted by Crippen LogP contribution is -2.32. The number of hydrogen-bond acceptors (Lipinski definition) is 1. The highest BCUT2D eigenvalue weighted by molar-refractivity contribution is 5.95. The highest BCUT2D eigenvalue weighted by Gasteiger charge is 2.31. The minimum Gasteiger partial charge on any atom is -0.326 e. The lowest BCUT2D eigenvalue weighted by molar-refractivity contribution is -0.117. The van der Waals surface area contributed by atoms with Gasteiger partial charge in [-0.2, -0.15) is 0 Å². The van der Waals surface area contributed by atoms with Crippen molar-refractivity contribution in [3.8, 4) is 0 Å². The van der Waals surface area contributed by atoms with Crippen molar-refractivity contribution >= 4 is 11.6 Å². The Balaban J connectivity index is 2.58. The molecule has 0 bridgehead atoms. The number of carbonyl (C=O) groups is 1. The van der Waals surface area contributed by atoms with Crippen molar-refractivity contribution in [2.75, 3.05) is 5.32 Å². The molecule has 0 saturated heterocycles. The molecule has 2 heteroatoms. The standard InChI is InChI=1S/C12H15NO/c1-8-4-5-10-9(6-8)12(2,3)7-11(14)13-10/h4-6H,7H2,1-3H3,(H,13,14). The third-order valence-corrected chi connectivity index (χ3v) is 2.78. The van der Waals surface area contributed by atoms with Gasteiger partial charge in [0.1, 0.15) is 0 Å². The molecule has 2 rings (SSSR count). The summed E-state index contributed by atoms with van der Waals surface area (Å²) in [6, 6.07) is 6.18. The zero-order chi connectivity index (χ0) is 10.3. The molecule has 0 saturated carbocycles. The quantitative estimate of drug-likeness (QED) is 0.667. The largest absolute Gasteiger partial charge is 0.326 e. The van der Waals surface area contributed by atoms with Crippen molar-refractivity contribution < 1.29 is 4.79 Å². The van der Waals surface area contributed by atoms with Crippen LogP contribution in [0.25, 0.3) is 0 Å². The molecule has 1 heterocycles. The Hall–Kier alpha value is -1.31. The number of fused-ring (bicyclic) bond motifs is 1. The molecule has 74 valence electrons. The van der Waals surface area contributed by atoms with Gasteiger partial charge in [0.05, 0.1) is 0 Å². The van der Waals surface area contributed by atoms with Gasteiger partial charge in [-0.1, -0.05) is 31.5 Å². The van der Waals surface area contributed by atoms with Crippen LogP contribution in [0, 0.1) is 6.92 Å². The number of aryl methyl sites for hydroxylation is 1. The number of amides is 1.